The van der Waals surface area contributed by atoms with Gasteiger partial charge in [-0.25, -0.2) is 8.78 Å². The van der Waals surface area contributed by atoms with Gasteiger partial charge in [-0.15, -0.1) is 6.58 Å². The molecule has 1 aromatic rings. The number of nitrogens with zero attached hydrogens (tertiary/aromatic N) is 1. The number of unbranched alkanes of at least 4 members (excludes halogenated alkanes) is 2. The summed E-state index contributed by atoms with van der Waals surface area (Å²) >= 11 is 0. The molecule has 130 valence electrons. The first-order chi connectivity index (χ1) is 11.6. The lowest BCUT2D eigenvalue weighted by molar-refractivity contribution is 0.249. The van der Waals surface area contributed by atoms with Crippen LogP contribution in [0.1, 0.15) is 68.9 Å². The molecule has 0 atom stereocenters. The van der Waals surface area contributed by atoms with Gasteiger partial charge in [0.25, 0.3) is 0 Å². The number of benzene rings is 1. The van der Waals surface area contributed by atoms with Crippen molar-refractivity contribution in [1.29, 1.82) is 5.26 Å². The van der Waals surface area contributed by atoms with Crippen LogP contribution in [0.4, 0.5) is 8.78 Å². The first-order valence-corrected chi connectivity index (χ1v) is 9.13. The highest BCUT2D eigenvalue weighted by Gasteiger charge is 2.21. The van der Waals surface area contributed by atoms with Crippen LogP contribution in [-0.4, -0.2) is 0 Å². The number of allylic oxidation sites excluding steroid dienone is 1. The third-order valence-electron chi connectivity index (χ3n) is 5.29. The predicted octanol–water partition coefficient (Wildman–Crippen LogP) is 6.32. The second-order valence-electron chi connectivity index (χ2n) is 7.04. The monoisotopic (exact) mass is 331 g/mol. The third-order valence-corrected chi connectivity index (χ3v) is 5.29. The third kappa shape index (κ3) is 5.44. The minimum absolute atomic E-state index is 0.476. The van der Waals surface area contributed by atoms with Gasteiger partial charge in [-0.05, 0) is 55.2 Å². The van der Waals surface area contributed by atoms with Crippen molar-refractivity contribution in [3.63, 3.8) is 0 Å². The fourth-order valence-corrected chi connectivity index (χ4v) is 3.78. The average Bonchev–Trinajstić information content (AvgIpc) is 2.58. The van der Waals surface area contributed by atoms with Crippen molar-refractivity contribution >= 4 is 0 Å². The number of hydrogen-bond donors (Lipinski definition) is 0. The molecule has 0 bridgehead atoms. The zero-order chi connectivity index (χ0) is 17.4. The van der Waals surface area contributed by atoms with Crippen LogP contribution in [0, 0.1) is 34.8 Å². The van der Waals surface area contributed by atoms with Crippen molar-refractivity contribution in [3.8, 4) is 6.07 Å². The molecular formula is C21H27F2N. The topological polar surface area (TPSA) is 23.8 Å². The van der Waals surface area contributed by atoms with Gasteiger partial charge >= 0.3 is 0 Å². The fraction of sp³-hybridized carbons (Fsp3) is 0.571. The van der Waals surface area contributed by atoms with E-state index in [0.717, 1.165) is 18.8 Å². The Labute approximate surface area is 144 Å². The highest BCUT2D eigenvalue weighted by molar-refractivity contribution is 5.35. The largest absolute Gasteiger partial charge is 0.205 e. The van der Waals surface area contributed by atoms with Gasteiger partial charge in [-0.2, -0.15) is 5.26 Å². The van der Waals surface area contributed by atoms with Crippen LogP contribution in [-0.2, 0) is 6.42 Å². The average molecular weight is 331 g/mol. The van der Waals surface area contributed by atoms with E-state index in [2.05, 4.69) is 6.58 Å². The molecule has 0 N–H and O–H groups in total. The standard InChI is InChI=1S/C21H27F2N/c1-2-3-4-5-6-16-7-9-17(10-8-16)11-12-18-13-20(22)19(15-24)21(23)14-18/h2,13-14,16-17H,1,3-12H2. The van der Waals surface area contributed by atoms with Crippen molar-refractivity contribution in [2.75, 3.05) is 0 Å². The van der Waals surface area contributed by atoms with Gasteiger partial charge in [-0.1, -0.05) is 44.6 Å². The Balaban J connectivity index is 1.73. The molecule has 3 heteroatoms. The van der Waals surface area contributed by atoms with Crippen molar-refractivity contribution in [3.05, 3.63) is 47.5 Å². The molecule has 0 spiro atoms. The Morgan fingerprint density at radius 2 is 1.62 bits per heavy atom. The lowest BCUT2D eigenvalue weighted by Crippen LogP contribution is -2.15. The number of nitriles is 1. The van der Waals surface area contributed by atoms with Crippen LogP contribution in [0.5, 0.6) is 0 Å². The van der Waals surface area contributed by atoms with E-state index >= 15 is 0 Å². The maximum Gasteiger partial charge on any atom is 0.144 e. The zero-order valence-corrected chi connectivity index (χ0v) is 14.4. The first-order valence-electron chi connectivity index (χ1n) is 9.13. The van der Waals surface area contributed by atoms with Crippen molar-refractivity contribution in [1.82, 2.24) is 0 Å². The molecule has 24 heavy (non-hydrogen) atoms. The summed E-state index contributed by atoms with van der Waals surface area (Å²) in [5.74, 6) is 0.0403. The first kappa shape index (κ1) is 18.6. The fourth-order valence-electron chi connectivity index (χ4n) is 3.78. The second kappa shape index (κ2) is 9.57. The molecule has 1 aliphatic rings. The SMILES string of the molecule is C=CCCCCC1CCC(CCc2cc(F)c(C#N)c(F)c2)CC1. The van der Waals surface area contributed by atoms with Crippen LogP contribution >= 0.6 is 0 Å². The number of rotatable bonds is 8. The van der Waals surface area contributed by atoms with Gasteiger partial charge in [-0.3, -0.25) is 0 Å². The summed E-state index contributed by atoms with van der Waals surface area (Å²) in [6.45, 7) is 3.76. The molecule has 0 radical (unpaired) electrons. The Kier molecular flexibility index (Phi) is 7.43. The van der Waals surface area contributed by atoms with Crippen molar-refractivity contribution in [2.45, 2.75) is 64.2 Å². The van der Waals surface area contributed by atoms with E-state index in [0.29, 0.717) is 17.9 Å². The van der Waals surface area contributed by atoms with E-state index in [1.165, 1.54) is 57.1 Å². The molecule has 1 aliphatic carbocycles. The molecule has 1 saturated carbocycles. The Morgan fingerprint density at radius 3 is 2.17 bits per heavy atom. The highest BCUT2D eigenvalue weighted by Crippen LogP contribution is 2.34. The minimum Gasteiger partial charge on any atom is -0.205 e. The van der Waals surface area contributed by atoms with Crippen LogP contribution in [0.3, 0.4) is 0 Å². The summed E-state index contributed by atoms with van der Waals surface area (Å²) in [4.78, 5) is 0. The normalized spacial score (nSPS) is 20.5. The van der Waals surface area contributed by atoms with Crippen molar-refractivity contribution in [2.24, 2.45) is 11.8 Å². The van der Waals surface area contributed by atoms with Gasteiger partial charge < -0.3 is 0 Å². The lowest BCUT2D eigenvalue weighted by Gasteiger charge is -2.28. The van der Waals surface area contributed by atoms with E-state index < -0.39 is 17.2 Å². The van der Waals surface area contributed by atoms with Crippen LogP contribution in [0.15, 0.2) is 24.8 Å². The van der Waals surface area contributed by atoms with E-state index in [1.807, 2.05) is 6.08 Å². The molecular weight excluding hydrogens is 304 g/mol. The molecule has 2 rings (SSSR count). The quantitative estimate of drug-likeness (QED) is 0.404. The van der Waals surface area contributed by atoms with E-state index in [1.54, 1.807) is 6.07 Å². The second-order valence-corrected chi connectivity index (χ2v) is 7.04. The number of halogens is 2. The molecule has 0 aromatic heterocycles. The van der Waals surface area contributed by atoms with Crippen molar-refractivity contribution < 1.29 is 8.78 Å². The summed E-state index contributed by atoms with van der Waals surface area (Å²) < 4.78 is 27.3. The summed E-state index contributed by atoms with van der Waals surface area (Å²) in [6, 6.07) is 4.19. The summed E-state index contributed by atoms with van der Waals surface area (Å²) in [5.41, 5.74) is 0.186. The van der Waals surface area contributed by atoms with Crippen LogP contribution in [0.2, 0.25) is 0 Å². The Hall–Kier alpha value is -1.69. The molecule has 0 saturated heterocycles. The summed E-state index contributed by atoms with van der Waals surface area (Å²) in [7, 11) is 0. The number of aryl methyl sites for hydroxylation is 1. The van der Waals surface area contributed by atoms with E-state index in [4.69, 9.17) is 5.26 Å². The highest BCUT2D eigenvalue weighted by atomic mass is 19.1. The van der Waals surface area contributed by atoms with Gasteiger partial charge in [0.1, 0.15) is 23.3 Å². The van der Waals surface area contributed by atoms with E-state index in [-0.39, 0.29) is 0 Å². The van der Waals surface area contributed by atoms with Crippen LogP contribution in [0.25, 0.3) is 0 Å². The maximum absolute atomic E-state index is 13.6. The molecule has 1 aromatic carbocycles. The minimum atomic E-state index is -0.740. The van der Waals surface area contributed by atoms with Gasteiger partial charge in [0.2, 0.25) is 0 Å². The van der Waals surface area contributed by atoms with Crippen LogP contribution < -0.4 is 0 Å². The lowest BCUT2D eigenvalue weighted by atomic mass is 9.77. The van der Waals surface area contributed by atoms with E-state index in [9.17, 15) is 8.78 Å². The molecule has 0 amide bonds. The maximum atomic E-state index is 13.6. The van der Waals surface area contributed by atoms with Gasteiger partial charge in [0.15, 0.2) is 0 Å². The number of hydrogen-bond acceptors (Lipinski definition) is 1. The molecule has 1 nitrogen and oxygen atoms in total. The Morgan fingerprint density at radius 1 is 1.04 bits per heavy atom. The van der Waals surface area contributed by atoms with Gasteiger partial charge in [0, 0.05) is 0 Å². The molecule has 0 aliphatic heterocycles. The predicted molar refractivity (Wildman–Crippen MR) is 93.5 cm³/mol. The van der Waals surface area contributed by atoms with Gasteiger partial charge in [0.05, 0.1) is 0 Å². The summed E-state index contributed by atoms with van der Waals surface area (Å²) in [6.07, 6.45) is 13.7. The smallest absolute Gasteiger partial charge is 0.144 e. The molecule has 1 fully saturated rings. The Bertz CT molecular complexity index is 557. The zero-order valence-electron chi connectivity index (χ0n) is 14.4. The summed E-state index contributed by atoms with van der Waals surface area (Å²) in [5, 5.41) is 8.71. The molecule has 0 unspecified atom stereocenters. The molecule has 0 heterocycles.